The van der Waals surface area contributed by atoms with Crippen LogP contribution in [0, 0.1) is 0 Å². The molecule has 0 aliphatic heterocycles. The second-order valence-corrected chi connectivity index (χ2v) is 1.92. The minimum absolute atomic E-state index is 0.337. The van der Waals surface area contributed by atoms with Gasteiger partial charge >= 0.3 is 5.97 Å². The average molecular weight is 150 g/mol. The number of thiol groups is 1. The first kappa shape index (κ1) is 8.78. The van der Waals surface area contributed by atoms with Gasteiger partial charge in [-0.3, -0.25) is 4.79 Å². The first-order valence-electron chi connectivity index (χ1n) is 2.68. The topological polar surface area (TPSA) is 46.5 Å². The van der Waals surface area contributed by atoms with Crippen LogP contribution in [-0.2, 0) is 9.53 Å². The summed E-state index contributed by atoms with van der Waals surface area (Å²) in [4.78, 5) is 10.4. The Balaban J connectivity index is 3.06. The summed E-state index contributed by atoms with van der Waals surface area (Å²) in [5.74, 6) is 0.298. The summed E-state index contributed by atoms with van der Waals surface area (Å²) in [5.41, 5.74) is 0. The van der Waals surface area contributed by atoms with E-state index in [0.29, 0.717) is 18.6 Å². The van der Waals surface area contributed by atoms with Gasteiger partial charge in [0, 0.05) is 6.42 Å². The highest BCUT2D eigenvalue weighted by molar-refractivity contribution is 7.80. The third-order valence-electron chi connectivity index (χ3n) is 0.765. The summed E-state index contributed by atoms with van der Waals surface area (Å²) in [6.45, 7) is -0.522. The zero-order valence-electron chi connectivity index (χ0n) is 5.04. The average Bonchev–Trinajstić information content (AvgIpc) is 1.85. The van der Waals surface area contributed by atoms with E-state index in [-0.39, 0.29) is 5.97 Å². The first-order chi connectivity index (χ1) is 4.31. The van der Waals surface area contributed by atoms with Crippen molar-refractivity contribution in [3.05, 3.63) is 0 Å². The van der Waals surface area contributed by atoms with E-state index in [9.17, 15) is 4.79 Å². The molecule has 0 bridgehead atoms. The van der Waals surface area contributed by atoms with Crippen molar-refractivity contribution in [3.63, 3.8) is 0 Å². The molecule has 0 spiro atoms. The number of ether oxygens (including phenoxy) is 1. The van der Waals surface area contributed by atoms with E-state index in [1.807, 2.05) is 0 Å². The highest BCUT2D eigenvalue weighted by Crippen LogP contribution is 1.93. The van der Waals surface area contributed by atoms with Gasteiger partial charge in [-0.15, -0.1) is 0 Å². The van der Waals surface area contributed by atoms with E-state index in [1.54, 1.807) is 0 Å². The van der Waals surface area contributed by atoms with Crippen LogP contribution in [0.15, 0.2) is 0 Å². The Morgan fingerprint density at radius 1 is 1.67 bits per heavy atom. The number of rotatable bonds is 4. The molecule has 0 rings (SSSR count). The zero-order valence-corrected chi connectivity index (χ0v) is 5.93. The number of carbonyl (C=O) groups is 1. The lowest BCUT2D eigenvalue weighted by Gasteiger charge is -1.97. The molecule has 0 atom stereocenters. The van der Waals surface area contributed by atoms with Crippen molar-refractivity contribution in [2.45, 2.75) is 12.8 Å². The summed E-state index contributed by atoms with van der Waals surface area (Å²) in [6, 6.07) is 0. The third kappa shape index (κ3) is 5.65. The van der Waals surface area contributed by atoms with Gasteiger partial charge in [0.2, 0.25) is 0 Å². The second-order valence-electron chi connectivity index (χ2n) is 1.47. The molecule has 4 heteroatoms. The number of aliphatic hydroxyl groups is 1. The smallest absolute Gasteiger partial charge is 0.307 e. The lowest BCUT2D eigenvalue weighted by molar-refractivity contribution is -0.151. The number of aliphatic hydroxyl groups excluding tert-OH is 1. The summed E-state index contributed by atoms with van der Waals surface area (Å²) < 4.78 is 4.23. The molecule has 0 aromatic heterocycles. The Bertz CT molecular complexity index is 84.3. The third-order valence-corrected chi connectivity index (χ3v) is 1.08. The lowest BCUT2D eigenvalue weighted by atomic mass is 10.3. The maximum absolute atomic E-state index is 10.4. The van der Waals surface area contributed by atoms with Gasteiger partial charge in [-0.25, -0.2) is 0 Å². The number of esters is 1. The van der Waals surface area contributed by atoms with Gasteiger partial charge in [-0.05, 0) is 12.2 Å². The van der Waals surface area contributed by atoms with Crippen molar-refractivity contribution in [2.75, 3.05) is 12.5 Å². The molecule has 0 radical (unpaired) electrons. The van der Waals surface area contributed by atoms with E-state index in [4.69, 9.17) is 5.11 Å². The molecule has 0 amide bonds. The summed E-state index contributed by atoms with van der Waals surface area (Å²) in [6.07, 6.45) is 1.03. The SMILES string of the molecule is O=C(CCCS)OCO. The molecular weight excluding hydrogens is 140 g/mol. The predicted molar refractivity (Wildman–Crippen MR) is 36.3 cm³/mol. The van der Waals surface area contributed by atoms with Crippen LogP contribution in [0.5, 0.6) is 0 Å². The van der Waals surface area contributed by atoms with Crippen LogP contribution in [0.25, 0.3) is 0 Å². The van der Waals surface area contributed by atoms with E-state index >= 15 is 0 Å². The quantitative estimate of drug-likeness (QED) is 0.341. The van der Waals surface area contributed by atoms with E-state index in [1.165, 1.54) is 0 Å². The molecule has 0 heterocycles. The Morgan fingerprint density at radius 3 is 2.78 bits per heavy atom. The number of hydrogen-bond donors (Lipinski definition) is 2. The van der Waals surface area contributed by atoms with E-state index in [2.05, 4.69) is 17.4 Å². The van der Waals surface area contributed by atoms with Gasteiger partial charge in [-0.1, -0.05) is 0 Å². The van der Waals surface area contributed by atoms with Crippen LogP contribution in [-0.4, -0.2) is 23.6 Å². The van der Waals surface area contributed by atoms with Gasteiger partial charge in [0.15, 0.2) is 6.79 Å². The maximum atomic E-state index is 10.4. The fourth-order valence-corrected chi connectivity index (χ4v) is 0.526. The molecule has 54 valence electrons. The van der Waals surface area contributed by atoms with E-state index in [0.717, 1.165) is 0 Å². The monoisotopic (exact) mass is 150 g/mol. The van der Waals surface area contributed by atoms with Crippen LogP contribution in [0.1, 0.15) is 12.8 Å². The Kier molecular flexibility index (Phi) is 5.76. The fourth-order valence-electron chi connectivity index (χ4n) is 0.368. The molecule has 0 fully saturated rings. The molecule has 0 aromatic rings. The fraction of sp³-hybridized carbons (Fsp3) is 0.800. The lowest BCUT2D eigenvalue weighted by Crippen LogP contribution is -2.04. The van der Waals surface area contributed by atoms with Crippen LogP contribution < -0.4 is 0 Å². The van der Waals surface area contributed by atoms with Gasteiger partial charge < -0.3 is 9.84 Å². The normalized spacial score (nSPS) is 9.11. The zero-order chi connectivity index (χ0) is 7.11. The summed E-state index contributed by atoms with van der Waals surface area (Å²) in [7, 11) is 0. The Labute approximate surface area is 59.4 Å². The molecule has 0 aliphatic rings. The Hall–Kier alpha value is -0.220. The number of carbonyl (C=O) groups excluding carboxylic acids is 1. The van der Waals surface area contributed by atoms with E-state index < -0.39 is 6.79 Å². The predicted octanol–water partition coefficient (Wildman–Crippen LogP) is 0.189. The second kappa shape index (κ2) is 5.91. The standard InChI is InChI=1S/C5H10O3S/c6-4-8-5(7)2-1-3-9/h6,9H,1-4H2. The minimum Gasteiger partial charge on any atom is -0.439 e. The highest BCUT2D eigenvalue weighted by Gasteiger charge is 1.98. The van der Waals surface area contributed by atoms with Crippen LogP contribution in [0.2, 0.25) is 0 Å². The number of hydrogen-bond acceptors (Lipinski definition) is 4. The Morgan fingerprint density at radius 2 is 2.33 bits per heavy atom. The van der Waals surface area contributed by atoms with Gasteiger partial charge in [-0.2, -0.15) is 12.6 Å². The molecular formula is C5H10O3S. The van der Waals surface area contributed by atoms with Crippen molar-refractivity contribution in [1.82, 2.24) is 0 Å². The van der Waals surface area contributed by atoms with Gasteiger partial charge in [0.1, 0.15) is 0 Å². The van der Waals surface area contributed by atoms with Gasteiger partial charge in [0.05, 0.1) is 0 Å². The van der Waals surface area contributed by atoms with Crippen molar-refractivity contribution < 1.29 is 14.6 Å². The van der Waals surface area contributed by atoms with Crippen LogP contribution in [0.3, 0.4) is 0 Å². The molecule has 3 nitrogen and oxygen atoms in total. The molecule has 1 N–H and O–H groups in total. The summed E-state index contributed by atoms with van der Waals surface area (Å²) in [5, 5.41) is 8.07. The maximum Gasteiger partial charge on any atom is 0.307 e. The molecule has 0 saturated carbocycles. The van der Waals surface area contributed by atoms with Crippen LogP contribution in [0.4, 0.5) is 0 Å². The minimum atomic E-state index is -0.522. The molecule has 0 aromatic carbocycles. The van der Waals surface area contributed by atoms with Crippen molar-refractivity contribution >= 4 is 18.6 Å². The molecule has 0 saturated heterocycles. The molecule has 0 aliphatic carbocycles. The van der Waals surface area contributed by atoms with Crippen LogP contribution >= 0.6 is 12.6 Å². The molecule has 9 heavy (non-hydrogen) atoms. The first-order valence-corrected chi connectivity index (χ1v) is 3.32. The molecule has 0 unspecified atom stereocenters. The van der Waals surface area contributed by atoms with Gasteiger partial charge in [0.25, 0.3) is 0 Å². The highest BCUT2D eigenvalue weighted by atomic mass is 32.1. The van der Waals surface area contributed by atoms with Crippen molar-refractivity contribution in [1.29, 1.82) is 0 Å². The van der Waals surface area contributed by atoms with Crippen molar-refractivity contribution in [3.8, 4) is 0 Å². The summed E-state index contributed by atoms with van der Waals surface area (Å²) >= 11 is 3.89. The largest absolute Gasteiger partial charge is 0.439 e. The van der Waals surface area contributed by atoms with Crippen molar-refractivity contribution in [2.24, 2.45) is 0 Å².